The van der Waals surface area contributed by atoms with Crippen molar-refractivity contribution in [3.63, 3.8) is 0 Å². The van der Waals surface area contributed by atoms with Gasteiger partial charge in [-0.1, -0.05) is 20.3 Å². The third-order valence-electron chi connectivity index (χ3n) is 2.57. The second kappa shape index (κ2) is 5.79. The molecule has 0 saturated heterocycles. The molecule has 1 aromatic heterocycles. The van der Waals surface area contributed by atoms with Crippen molar-refractivity contribution in [3.05, 3.63) is 16.1 Å². The molecule has 0 bridgehead atoms. The van der Waals surface area contributed by atoms with E-state index in [4.69, 9.17) is 5.84 Å². The van der Waals surface area contributed by atoms with Crippen molar-refractivity contribution in [1.82, 2.24) is 10.4 Å². The molecule has 0 aliphatic rings. The van der Waals surface area contributed by atoms with Crippen LogP contribution in [0.4, 0.5) is 13.2 Å². The number of halogens is 3. The fourth-order valence-corrected chi connectivity index (χ4v) is 2.69. The van der Waals surface area contributed by atoms with E-state index < -0.39 is 11.2 Å². The second-order valence-electron chi connectivity index (χ2n) is 3.98. The maximum atomic E-state index is 12.4. The monoisotopic (exact) mass is 267 g/mol. The molecule has 1 heterocycles. The first-order chi connectivity index (χ1) is 7.90. The number of hydrogen-bond donors (Lipinski definition) is 2. The second-order valence-corrected chi connectivity index (χ2v) is 5.04. The molecule has 0 aliphatic heterocycles. The lowest BCUT2D eigenvalue weighted by Gasteiger charge is -2.21. The van der Waals surface area contributed by atoms with Crippen LogP contribution in [0.25, 0.3) is 0 Å². The van der Waals surface area contributed by atoms with Gasteiger partial charge in [-0.05, 0) is 12.3 Å². The summed E-state index contributed by atoms with van der Waals surface area (Å²) in [5.74, 6) is 5.57. The molecule has 1 aromatic rings. The topological polar surface area (TPSA) is 50.9 Å². The highest BCUT2D eigenvalue weighted by Gasteiger charge is 2.35. The molecule has 3 nitrogen and oxygen atoms in total. The van der Waals surface area contributed by atoms with Gasteiger partial charge in [0.15, 0.2) is 5.01 Å². The van der Waals surface area contributed by atoms with E-state index in [0.717, 1.165) is 12.8 Å². The Bertz CT molecular complexity index is 351. The summed E-state index contributed by atoms with van der Waals surface area (Å²) in [4.78, 5) is 3.93. The van der Waals surface area contributed by atoms with Crippen LogP contribution >= 0.6 is 11.3 Å². The molecule has 0 spiro atoms. The van der Waals surface area contributed by atoms with Crippen molar-refractivity contribution >= 4 is 11.3 Å². The van der Waals surface area contributed by atoms with Crippen molar-refractivity contribution in [2.24, 2.45) is 11.8 Å². The van der Waals surface area contributed by atoms with Crippen LogP contribution in [-0.2, 0) is 6.18 Å². The van der Waals surface area contributed by atoms with Gasteiger partial charge < -0.3 is 0 Å². The van der Waals surface area contributed by atoms with E-state index >= 15 is 0 Å². The highest BCUT2D eigenvalue weighted by molar-refractivity contribution is 7.11. The van der Waals surface area contributed by atoms with E-state index in [0.29, 0.717) is 16.2 Å². The molecular weight excluding hydrogens is 251 g/mol. The molecule has 3 N–H and O–H groups in total. The van der Waals surface area contributed by atoms with Crippen LogP contribution in [0.3, 0.4) is 0 Å². The fourth-order valence-electron chi connectivity index (χ4n) is 1.71. The van der Waals surface area contributed by atoms with E-state index in [1.54, 1.807) is 0 Å². The number of thiazole rings is 1. The van der Waals surface area contributed by atoms with Gasteiger partial charge in [0, 0.05) is 11.1 Å². The first-order valence-electron chi connectivity index (χ1n) is 5.39. The number of nitrogens with two attached hydrogens (primary N) is 1. The van der Waals surface area contributed by atoms with E-state index in [1.165, 1.54) is 6.20 Å². The predicted molar refractivity (Wildman–Crippen MR) is 61.3 cm³/mol. The number of nitrogens with zero attached hydrogens (tertiary/aromatic N) is 1. The molecule has 98 valence electrons. The molecular formula is C10H16F3N3S. The van der Waals surface area contributed by atoms with Crippen LogP contribution in [-0.4, -0.2) is 4.98 Å². The lowest BCUT2D eigenvalue weighted by Crippen LogP contribution is -2.32. The molecule has 2 unspecified atom stereocenters. The Balaban J connectivity index is 2.86. The van der Waals surface area contributed by atoms with Crippen LogP contribution in [0.1, 0.15) is 42.6 Å². The highest BCUT2D eigenvalue weighted by atomic mass is 32.1. The summed E-state index contributed by atoms with van der Waals surface area (Å²) in [6, 6.07) is -0.274. The number of rotatable bonds is 5. The average molecular weight is 267 g/mol. The van der Waals surface area contributed by atoms with E-state index in [1.807, 2.05) is 13.8 Å². The third kappa shape index (κ3) is 3.65. The lowest BCUT2D eigenvalue weighted by molar-refractivity contribution is -0.137. The zero-order valence-electron chi connectivity index (χ0n) is 9.71. The van der Waals surface area contributed by atoms with Gasteiger partial charge in [-0.3, -0.25) is 11.3 Å². The Morgan fingerprint density at radius 2 is 2.18 bits per heavy atom. The van der Waals surface area contributed by atoms with Crippen molar-refractivity contribution < 1.29 is 13.2 Å². The van der Waals surface area contributed by atoms with Crippen LogP contribution < -0.4 is 11.3 Å². The Hall–Kier alpha value is -0.660. The van der Waals surface area contributed by atoms with Crippen LogP contribution in [0.5, 0.6) is 0 Å². The zero-order valence-corrected chi connectivity index (χ0v) is 10.5. The summed E-state index contributed by atoms with van der Waals surface area (Å²) in [5, 5.41) is -0.823. The Kier molecular flexibility index (Phi) is 4.91. The first-order valence-corrected chi connectivity index (χ1v) is 6.20. The van der Waals surface area contributed by atoms with Crippen LogP contribution in [0.15, 0.2) is 6.20 Å². The standard InChI is InChI=1S/C10H16F3N3S/c1-3-4-6(2)8(16-14)7-5-15-9(17-7)10(11,12)13/h5-6,8,16H,3-4,14H2,1-2H3. The van der Waals surface area contributed by atoms with Gasteiger partial charge in [0.05, 0.1) is 6.04 Å². The minimum Gasteiger partial charge on any atom is -0.271 e. The SMILES string of the molecule is CCCC(C)C(NN)c1cnc(C(F)(F)F)s1. The van der Waals surface area contributed by atoms with Gasteiger partial charge in [0.2, 0.25) is 0 Å². The molecule has 0 aromatic carbocycles. The van der Waals surface area contributed by atoms with Gasteiger partial charge in [-0.2, -0.15) is 13.2 Å². The molecule has 0 radical (unpaired) electrons. The number of hydrogen-bond acceptors (Lipinski definition) is 4. The largest absolute Gasteiger partial charge is 0.443 e. The Morgan fingerprint density at radius 1 is 1.53 bits per heavy atom. The van der Waals surface area contributed by atoms with Crippen molar-refractivity contribution in [1.29, 1.82) is 0 Å². The summed E-state index contributed by atoms with van der Waals surface area (Å²) in [6.45, 7) is 3.99. The number of hydrazine groups is 1. The number of alkyl halides is 3. The van der Waals surface area contributed by atoms with Gasteiger partial charge >= 0.3 is 6.18 Å². The van der Waals surface area contributed by atoms with E-state index in [-0.39, 0.29) is 12.0 Å². The zero-order chi connectivity index (χ0) is 13.1. The number of nitrogens with one attached hydrogen (secondary N) is 1. The average Bonchev–Trinajstić information content (AvgIpc) is 2.68. The van der Waals surface area contributed by atoms with E-state index in [9.17, 15) is 13.2 Å². The van der Waals surface area contributed by atoms with E-state index in [2.05, 4.69) is 10.4 Å². The van der Waals surface area contributed by atoms with Gasteiger partial charge in [0.25, 0.3) is 0 Å². The molecule has 7 heteroatoms. The Morgan fingerprint density at radius 3 is 2.59 bits per heavy atom. The van der Waals surface area contributed by atoms with Gasteiger partial charge in [0.1, 0.15) is 0 Å². The molecule has 0 aliphatic carbocycles. The summed E-state index contributed by atoms with van der Waals surface area (Å²) in [7, 11) is 0. The molecule has 0 amide bonds. The first kappa shape index (κ1) is 14.4. The third-order valence-corrected chi connectivity index (χ3v) is 3.69. The highest BCUT2D eigenvalue weighted by Crippen LogP contribution is 2.36. The molecule has 0 saturated carbocycles. The molecule has 1 rings (SSSR count). The van der Waals surface area contributed by atoms with Crippen LogP contribution in [0, 0.1) is 5.92 Å². The lowest BCUT2D eigenvalue weighted by atomic mass is 9.97. The van der Waals surface area contributed by atoms with Crippen molar-refractivity contribution in [2.75, 3.05) is 0 Å². The summed E-state index contributed by atoms with van der Waals surface area (Å²) in [6.07, 6.45) is -1.27. The summed E-state index contributed by atoms with van der Waals surface area (Å²) in [5.41, 5.74) is 2.57. The van der Waals surface area contributed by atoms with Crippen molar-refractivity contribution in [2.45, 2.75) is 38.9 Å². The summed E-state index contributed by atoms with van der Waals surface area (Å²) >= 11 is 0.648. The minimum absolute atomic E-state index is 0.173. The van der Waals surface area contributed by atoms with Gasteiger partial charge in [-0.15, -0.1) is 11.3 Å². The maximum absolute atomic E-state index is 12.4. The molecule has 0 fully saturated rings. The minimum atomic E-state index is -4.38. The molecule has 17 heavy (non-hydrogen) atoms. The van der Waals surface area contributed by atoms with Gasteiger partial charge in [-0.25, -0.2) is 4.98 Å². The quantitative estimate of drug-likeness (QED) is 0.636. The number of aromatic nitrogens is 1. The summed E-state index contributed by atoms with van der Waals surface area (Å²) < 4.78 is 37.2. The predicted octanol–water partition coefficient (Wildman–Crippen LogP) is 3.10. The fraction of sp³-hybridized carbons (Fsp3) is 0.700. The normalized spacial score (nSPS) is 15.9. The molecule has 2 atom stereocenters. The maximum Gasteiger partial charge on any atom is 0.443 e. The van der Waals surface area contributed by atoms with Crippen molar-refractivity contribution in [3.8, 4) is 0 Å². The smallest absolute Gasteiger partial charge is 0.271 e. The van der Waals surface area contributed by atoms with Crippen LogP contribution in [0.2, 0.25) is 0 Å². The Labute approximate surface area is 102 Å².